The maximum Gasteiger partial charge on any atom is 0.252 e. The van der Waals surface area contributed by atoms with Gasteiger partial charge in [0.2, 0.25) is 17.8 Å². The maximum absolute atomic E-state index is 12.4. The van der Waals surface area contributed by atoms with E-state index in [2.05, 4.69) is 25.9 Å². The number of para-hydroxylation sites is 1. The number of aryl methyl sites for hydroxylation is 1. The van der Waals surface area contributed by atoms with Crippen molar-refractivity contribution < 1.29 is 14.3 Å². The van der Waals surface area contributed by atoms with Gasteiger partial charge in [-0.2, -0.15) is 4.99 Å². The molecule has 1 atom stereocenters. The van der Waals surface area contributed by atoms with Crippen LogP contribution in [0.2, 0.25) is 0 Å². The Morgan fingerprint density at radius 3 is 2.72 bits per heavy atom. The van der Waals surface area contributed by atoms with E-state index in [-0.39, 0.29) is 24.2 Å². The molecular formula is C20H22N6O3. The first kappa shape index (κ1) is 19.9. The van der Waals surface area contributed by atoms with Gasteiger partial charge < -0.3 is 21.1 Å². The highest BCUT2D eigenvalue weighted by Crippen LogP contribution is 2.25. The molecule has 0 radical (unpaired) electrons. The second kappa shape index (κ2) is 8.87. The summed E-state index contributed by atoms with van der Waals surface area (Å²) in [6.07, 6.45) is -0.131. The van der Waals surface area contributed by atoms with E-state index in [1.807, 2.05) is 43.3 Å². The van der Waals surface area contributed by atoms with Crippen LogP contribution in [0.25, 0.3) is 0 Å². The van der Waals surface area contributed by atoms with Crippen molar-refractivity contribution in [1.29, 1.82) is 0 Å². The third-order valence-electron chi connectivity index (χ3n) is 4.10. The van der Waals surface area contributed by atoms with E-state index < -0.39 is 11.9 Å². The minimum absolute atomic E-state index is 0.0573. The molecule has 0 spiro atoms. The molecule has 1 aliphatic rings. The fourth-order valence-corrected chi connectivity index (χ4v) is 2.73. The van der Waals surface area contributed by atoms with Gasteiger partial charge in [-0.25, -0.2) is 4.99 Å². The number of benzene rings is 2. The quantitative estimate of drug-likeness (QED) is 0.452. The molecule has 5 N–H and O–H groups in total. The van der Waals surface area contributed by atoms with Crippen LogP contribution in [0.5, 0.6) is 5.75 Å². The molecule has 0 aliphatic carbocycles. The average Bonchev–Trinajstić information content (AvgIpc) is 3.01. The maximum atomic E-state index is 12.4. The molecule has 1 aliphatic heterocycles. The van der Waals surface area contributed by atoms with E-state index in [0.717, 1.165) is 11.3 Å². The van der Waals surface area contributed by atoms with E-state index in [9.17, 15) is 9.59 Å². The summed E-state index contributed by atoms with van der Waals surface area (Å²) in [5, 5.41) is 8.16. The number of nitrogens with one attached hydrogen (secondary N) is 3. The van der Waals surface area contributed by atoms with Crippen molar-refractivity contribution >= 4 is 35.1 Å². The van der Waals surface area contributed by atoms with Gasteiger partial charge in [-0.05, 0) is 36.8 Å². The zero-order valence-electron chi connectivity index (χ0n) is 16.1. The standard InChI is InChI=1S/C20H22N6O3/c1-12-8-9-16(29-2)14(10-12)23-17(27)11-15-18(28)25-20(24-15)26-19(21)22-13-6-4-3-5-7-13/h3-10,15H,11H2,1-2H3,(H,23,27)(H4,21,22,24,25,26,28)/t15-/m0/s1. The van der Waals surface area contributed by atoms with Crippen molar-refractivity contribution in [1.82, 2.24) is 5.32 Å². The van der Waals surface area contributed by atoms with Crippen LogP contribution in [0, 0.1) is 6.92 Å². The summed E-state index contributed by atoms with van der Waals surface area (Å²) < 4.78 is 5.24. The van der Waals surface area contributed by atoms with E-state index in [0.29, 0.717) is 11.4 Å². The molecular weight excluding hydrogens is 372 g/mol. The molecule has 0 saturated heterocycles. The van der Waals surface area contributed by atoms with Crippen LogP contribution >= 0.6 is 0 Å². The highest BCUT2D eigenvalue weighted by Gasteiger charge is 2.29. The summed E-state index contributed by atoms with van der Waals surface area (Å²) in [7, 11) is 1.52. The van der Waals surface area contributed by atoms with Crippen LogP contribution in [-0.4, -0.2) is 36.9 Å². The van der Waals surface area contributed by atoms with Crippen LogP contribution in [0.15, 0.2) is 58.5 Å². The Morgan fingerprint density at radius 1 is 1.24 bits per heavy atom. The Balaban J connectivity index is 1.63. The van der Waals surface area contributed by atoms with Crippen LogP contribution in [0.1, 0.15) is 12.0 Å². The van der Waals surface area contributed by atoms with Crippen LogP contribution in [0.3, 0.4) is 0 Å². The summed E-state index contributed by atoms with van der Waals surface area (Å²) in [6.45, 7) is 1.90. The number of hydrogen-bond donors (Lipinski definition) is 4. The zero-order chi connectivity index (χ0) is 20.8. The lowest BCUT2D eigenvalue weighted by molar-refractivity contribution is -0.123. The number of amides is 2. The number of nitrogens with zero attached hydrogens (tertiary/aromatic N) is 2. The summed E-state index contributed by atoms with van der Waals surface area (Å²) in [4.78, 5) is 32.7. The molecule has 9 heteroatoms. The Hall–Kier alpha value is -3.88. The number of methoxy groups -OCH3 is 1. The molecule has 29 heavy (non-hydrogen) atoms. The van der Waals surface area contributed by atoms with E-state index in [1.54, 1.807) is 12.1 Å². The lowest BCUT2D eigenvalue weighted by atomic mass is 10.1. The normalized spacial score (nSPS) is 16.1. The number of guanidine groups is 2. The van der Waals surface area contributed by atoms with E-state index >= 15 is 0 Å². The van der Waals surface area contributed by atoms with Crippen molar-refractivity contribution in [3.05, 3.63) is 54.1 Å². The van der Waals surface area contributed by atoms with Gasteiger partial charge in [0.15, 0.2) is 0 Å². The van der Waals surface area contributed by atoms with Gasteiger partial charge in [0.1, 0.15) is 11.8 Å². The first-order chi connectivity index (χ1) is 13.9. The molecule has 2 amide bonds. The minimum atomic E-state index is -0.880. The van der Waals surface area contributed by atoms with Gasteiger partial charge in [-0.15, -0.1) is 0 Å². The highest BCUT2D eigenvalue weighted by atomic mass is 16.5. The lowest BCUT2D eigenvalue weighted by Crippen LogP contribution is -2.32. The van der Waals surface area contributed by atoms with Gasteiger partial charge in [0.25, 0.3) is 5.91 Å². The van der Waals surface area contributed by atoms with Crippen molar-refractivity contribution in [2.45, 2.75) is 19.4 Å². The van der Waals surface area contributed by atoms with Crippen molar-refractivity contribution in [2.75, 3.05) is 17.7 Å². The summed E-state index contributed by atoms with van der Waals surface area (Å²) in [6, 6.07) is 13.8. The predicted molar refractivity (Wildman–Crippen MR) is 112 cm³/mol. The molecule has 0 saturated carbocycles. The van der Waals surface area contributed by atoms with E-state index in [4.69, 9.17) is 10.5 Å². The molecule has 9 nitrogen and oxygen atoms in total. The number of nitrogens with two attached hydrogens (primary N) is 1. The number of ether oxygens (including phenoxy) is 1. The third-order valence-corrected chi connectivity index (χ3v) is 4.10. The Kier molecular flexibility index (Phi) is 6.08. The molecule has 2 aromatic carbocycles. The first-order valence-corrected chi connectivity index (χ1v) is 8.94. The van der Waals surface area contributed by atoms with Crippen molar-refractivity contribution in [3.63, 3.8) is 0 Å². The highest BCUT2D eigenvalue weighted by molar-refractivity contribution is 6.11. The minimum Gasteiger partial charge on any atom is -0.495 e. The molecule has 0 fully saturated rings. The molecule has 0 aromatic heterocycles. The van der Waals surface area contributed by atoms with Gasteiger partial charge in [0, 0.05) is 5.69 Å². The smallest absolute Gasteiger partial charge is 0.252 e. The predicted octanol–water partition coefficient (Wildman–Crippen LogP) is 1.61. The topological polar surface area (TPSA) is 130 Å². The lowest BCUT2D eigenvalue weighted by Gasteiger charge is -2.11. The fraction of sp³-hybridized carbons (Fsp3) is 0.200. The average molecular weight is 394 g/mol. The summed E-state index contributed by atoms with van der Waals surface area (Å²) in [5.41, 5.74) is 8.10. The third kappa shape index (κ3) is 5.32. The fourth-order valence-electron chi connectivity index (χ4n) is 2.73. The summed E-state index contributed by atoms with van der Waals surface area (Å²) >= 11 is 0. The second-order valence-corrected chi connectivity index (χ2v) is 6.40. The number of carbonyl (C=O) groups excluding carboxylic acids is 2. The Bertz CT molecular complexity index is 971. The molecule has 2 aromatic rings. The van der Waals surface area contributed by atoms with Crippen LogP contribution < -0.4 is 26.4 Å². The zero-order valence-corrected chi connectivity index (χ0v) is 16.1. The van der Waals surface area contributed by atoms with E-state index in [1.165, 1.54) is 7.11 Å². The number of carbonyl (C=O) groups is 2. The SMILES string of the molecule is COc1ccc(C)cc1NC(=O)C[C@@H]1N=C(N=C(N)Nc2ccccc2)NC1=O. The van der Waals surface area contributed by atoms with Gasteiger partial charge in [-0.3, -0.25) is 14.9 Å². The Labute approximate surface area is 168 Å². The monoisotopic (exact) mass is 394 g/mol. The Morgan fingerprint density at radius 2 is 2.00 bits per heavy atom. The summed E-state index contributed by atoms with van der Waals surface area (Å²) in [5.74, 6) is -0.110. The van der Waals surface area contributed by atoms with Crippen molar-refractivity contribution in [2.24, 2.45) is 15.7 Å². The molecule has 150 valence electrons. The van der Waals surface area contributed by atoms with Crippen LogP contribution in [0.4, 0.5) is 11.4 Å². The van der Waals surface area contributed by atoms with Gasteiger partial charge in [0.05, 0.1) is 19.2 Å². The molecule has 1 heterocycles. The van der Waals surface area contributed by atoms with Crippen molar-refractivity contribution in [3.8, 4) is 5.75 Å². The number of hydrogen-bond acceptors (Lipinski definition) is 5. The molecule has 3 rings (SSSR count). The number of aliphatic imine (C=N–C) groups is 2. The first-order valence-electron chi connectivity index (χ1n) is 8.94. The molecule has 0 bridgehead atoms. The number of rotatable bonds is 5. The number of anilines is 2. The largest absolute Gasteiger partial charge is 0.495 e. The van der Waals surface area contributed by atoms with Crippen LogP contribution in [-0.2, 0) is 9.59 Å². The van der Waals surface area contributed by atoms with Gasteiger partial charge in [-0.1, -0.05) is 24.3 Å². The van der Waals surface area contributed by atoms with Gasteiger partial charge >= 0.3 is 0 Å². The molecule has 0 unspecified atom stereocenters. The second-order valence-electron chi connectivity index (χ2n) is 6.40.